The number of rotatable bonds is 5. The normalized spacial score (nSPS) is 11.7. The predicted octanol–water partition coefficient (Wildman–Crippen LogP) is 4.92. The molecule has 0 saturated heterocycles. The van der Waals surface area contributed by atoms with Gasteiger partial charge in [-0.1, -0.05) is 24.3 Å². The van der Waals surface area contributed by atoms with E-state index in [-0.39, 0.29) is 11.4 Å². The molecule has 0 saturated carbocycles. The number of aromatic hydroxyl groups is 1. The Balaban J connectivity index is 1.64. The summed E-state index contributed by atoms with van der Waals surface area (Å²) in [6.45, 7) is 0. The minimum absolute atomic E-state index is 0.0216. The quantitative estimate of drug-likeness (QED) is 0.178. The van der Waals surface area contributed by atoms with Crippen LogP contribution in [0.3, 0.4) is 0 Å². The standard InChI is InChI=1S/C24H17N3O7S/c1-34-21-11-14(13-3-2-4-16(9-13)27(29)30)5-7-18(21)24-25-19-8-6-15-10-17(35(31,32)33)12-20(28)22(15)23(19)26-24/h2-12,28H,1H3,(H,25,26)(H,31,32,33). The summed E-state index contributed by atoms with van der Waals surface area (Å²) in [5, 5.41) is 22.3. The summed E-state index contributed by atoms with van der Waals surface area (Å²) in [5.41, 5.74) is 2.95. The number of nitrogens with zero attached hydrogens (tertiary/aromatic N) is 2. The summed E-state index contributed by atoms with van der Waals surface area (Å²) in [6.07, 6.45) is 0. The van der Waals surface area contributed by atoms with E-state index in [2.05, 4.69) is 9.97 Å². The van der Waals surface area contributed by atoms with Gasteiger partial charge in [-0.3, -0.25) is 14.7 Å². The molecule has 1 aromatic heterocycles. The molecule has 0 amide bonds. The van der Waals surface area contributed by atoms with Gasteiger partial charge in [-0.25, -0.2) is 4.98 Å². The van der Waals surface area contributed by atoms with E-state index in [1.807, 2.05) is 0 Å². The molecular formula is C24H17N3O7S. The van der Waals surface area contributed by atoms with Crippen LogP contribution in [0.15, 0.2) is 71.6 Å². The lowest BCUT2D eigenvalue weighted by Crippen LogP contribution is -1.97. The molecule has 0 aliphatic carbocycles. The summed E-state index contributed by atoms with van der Waals surface area (Å²) < 4.78 is 37.9. The number of nitro groups is 1. The second-order valence-electron chi connectivity index (χ2n) is 7.79. The Bertz CT molecular complexity index is 1760. The molecule has 0 atom stereocenters. The van der Waals surface area contributed by atoms with E-state index in [1.54, 1.807) is 42.5 Å². The molecule has 0 radical (unpaired) electrons. The van der Waals surface area contributed by atoms with Gasteiger partial charge in [0, 0.05) is 18.2 Å². The lowest BCUT2D eigenvalue weighted by Gasteiger charge is -2.09. The minimum Gasteiger partial charge on any atom is -0.507 e. The maximum Gasteiger partial charge on any atom is 0.294 e. The van der Waals surface area contributed by atoms with Crippen LogP contribution in [-0.4, -0.2) is 40.1 Å². The van der Waals surface area contributed by atoms with Gasteiger partial charge in [0.2, 0.25) is 0 Å². The van der Waals surface area contributed by atoms with Crippen molar-refractivity contribution in [3.63, 3.8) is 0 Å². The van der Waals surface area contributed by atoms with Crippen molar-refractivity contribution < 1.29 is 27.7 Å². The number of non-ortho nitro benzene ring substituents is 1. The Hall–Kier alpha value is -4.48. The molecule has 35 heavy (non-hydrogen) atoms. The fraction of sp³-hybridized carbons (Fsp3) is 0.0417. The highest BCUT2D eigenvalue weighted by Crippen LogP contribution is 2.38. The lowest BCUT2D eigenvalue weighted by atomic mass is 10.0. The van der Waals surface area contributed by atoms with Crippen molar-refractivity contribution in [2.75, 3.05) is 7.11 Å². The third kappa shape index (κ3) is 3.92. The second kappa shape index (κ2) is 8.08. The highest BCUT2D eigenvalue weighted by Gasteiger charge is 2.18. The average molecular weight is 491 g/mol. The highest BCUT2D eigenvalue weighted by molar-refractivity contribution is 7.85. The zero-order valence-electron chi connectivity index (χ0n) is 18.1. The smallest absolute Gasteiger partial charge is 0.294 e. The largest absolute Gasteiger partial charge is 0.507 e. The molecule has 5 aromatic rings. The van der Waals surface area contributed by atoms with Crippen LogP contribution in [0.1, 0.15) is 0 Å². The SMILES string of the molecule is COc1cc(-c2cccc([N+](=O)[O-])c2)ccc1-c1nc2c(ccc3cc(S(=O)(=O)O)cc(O)c32)[nH]1. The van der Waals surface area contributed by atoms with Gasteiger partial charge in [-0.05, 0) is 40.8 Å². The number of aromatic amines is 1. The summed E-state index contributed by atoms with van der Waals surface area (Å²) in [4.78, 5) is 18.0. The van der Waals surface area contributed by atoms with Crippen molar-refractivity contribution in [3.05, 3.63) is 76.8 Å². The van der Waals surface area contributed by atoms with Crippen LogP contribution in [0.4, 0.5) is 5.69 Å². The lowest BCUT2D eigenvalue weighted by molar-refractivity contribution is -0.384. The molecule has 11 heteroatoms. The van der Waals surface area contributed by atoms with Crippen LogP contribution in [0.25, 0.3) is 44.3 Å². The van der Waals surface area contributed by atoms with E-state index in [0.717, 1.165) is 6.07 Å². The molecule has 0 fully saturated rings. The summed E-state index contributed by atoms with van der Waals surface area (Å²) in [7, 11) is -3.00. The van der Waals surface area contributed by atoms with Crippen LogP contribution in [0.2, 0.25) is 0 Å². The second-order valence-corrected chi connectivity index (χ2v) is 9.21. The molecule has 0 spiro atoms. The Morgan fingerprint density at radius 1 is 1.03 bits per heavy atom. The number of benzene rings is 4. The fourth-order valence-corrected chi connectivity index (χ4v) is 4.56. The monoisotopic (exact) mass is 491 g/mol. The number of hydrogen-bond acceptors (Lipinski definition) is 7. The number of imidazole rings is 1. The molecule has 0 aliphatic heterocycles. The van der Waals surface area contributed by atoms with Crippen LogP contribution in [-0.2, 0) is 10.1 Å². The van der Waals surface area contributed by atoms with Gasteiger partial charge in [0.05, 0.1) is 33.4 Å². The Morgan fingerprint density at radius 3 is 2.51 bits per heavy atom. The molecule has 1 heterocycles. The highest BCUT2D eigenvalue weighted by atomic mass is 32.2. The van der Waals surface area contributed by atoms with E-state index in [0.29, 0.717) is 50.1 Å². The predicted molar refractivity (Wildman–Crippen MR) is 129 cm³/mol. The molecule has 0 unspecified atom stereocenters. The van der Waals surface area contributed by atoms with Crippen molar-refractivity contribution in [3.8, 4) is 34.0 Å². The number of ether oxygens (including phenoxy) is 1. The van der Waals surface area contributed by atoms with Crippen molar-refractivity contribution in [2.45, 2.75) is 4.90 Å². The molecule has 5 rings (SSSR count). The van der Waals surface area contributed by atoms with Gasteiger partial charge in [-0.15, -0.1) is 0 Å². The van der Waals surface area contributed by atoms with E-state index in [1.165, 1.54) is 25.3 Å². The van der Waals surface area contributed by atoms with Crippen LogP contribution in [0, 0.1) is 10.1 Å². The number of nitro benzene ring substituents is 1. The first kappa shape index (κ1) is 22.3. The molecule has 176 valence electrons. The molecule has 0 bridgehead atoms. The maximum absolute atomic E-state index is 11.5. The fourth-order valence-electron chi connectivity index (χ4n) is 4.02. The molecule has 4 aromatic carbocycles. The topological polar surface area (TPSA) is 156 Å². The first-order chi connectivity index (χ1) is 16.7. The van der Waals surface area contributed by atoms with Gasteiger partial charge in [0.1, 0.15) is 22.8 Å². The van der Waals surface area contributed by atoms with E-state index >= 15 is 0 Å². The van der Waals surface area contributed by atoms with E-state index in [4.69, 9.17) is 4.74 Å². The number of methoxy groups -OCH3 is 1. The molecule has 0 aliphatic rings. The molecule has 10 nitrogen and oxygen atoms in total. The number of phenolic OH excluding ortho intramolecular Hbond substituents is 1. The van der Waals surface area contributed by atoms with Crippen molar-refractivity contribution in [2.24, 2.45) is 0 Å². The maximum atomic E-state index is 11.5. The minimum atomic E-state index is -4.49. The third-order valence-corrected chi connectivity index (χ3v) is 6.50. The number of nitrogens with one attached hydrogen (secondary N) is 1. The summed E-state index contributed by atoms with van der Waals surface area (Å²) in [5.74, 6) is 0.565. The summed E-state index contributed by atoms with van der Waals surface area (Å²) in [6, 6.07) is 17.1. The first-order valence-electron chi connectivity index (χ1n) is 10.2. The number of phenols is 1. The van der Waals surface area contributed by atoms with Gasteiger partial charge < -0.3 is 14.8 Å². The zero-order valence-corrected chi connectivity index (χ0v) is 18.9. The van der Waals surface area contributed by atoms with Crippen LogP contribution in [0.5, 0.6) is 11.5 Å². The van der Waals surface area contributed by atoms with E-state index in [9.17, 15) is 28.2 Å². The van der Waals surface area contributed by atoms with Gasteiger partial charge in [-0.2, -0.15) is 8.42 Å². The number of hydrogen-bond donors (Lipinski definition) is 3. The first-order valence-corrected chi connectivity index (χ1v) is 11.7. The molecule has 3 N–H and O–H groups in total. The Labute approximate surface area is 198 Å². The average Bonchev–Trinajstić information content (AvgIpc) is 3.27. The van der Waals surface area contributed by atoms with Crippen LogP contribution >= 0.6 is 0 Å². The van der Waals surface area contributed by atoms with E-state index < -0.39 is 19.9 Å². The third-order valence-electron chi connectivity index (χ3n) is 5.66. The number of aromatic nitrogens is 2. The van der Waals surface area contributed by atoms with Crippen LogP contribution < -0.4 is 4.74 Å². The Kier molecular flexibility index (Phi) is 5.15. The zero-order chi connectivity index (χ0) is 24.9. The Morgan fingerprint density at radius 2 is 1.80 bits per heavy atom. The summed E-state index contributed by atoms with van der Waals surface area (Å²) >= 11 is 0. The number of fused-ring (bicyclic) bond motifs is 3. The van der Waals surface area contributed by atoms with Crippen molar-refractivity contribution in [1.29, 1.82) is 0 Å². The number of H-pyrrole nitrogens is 1. The molecular weight excluding hydrogens is 474 g/mol. The van der Waals surface area contributed by atoms with Crippen molar-refractivity contribution in [1.82, 2.24) is 9.97 Å². The van der Waals surface area contributed by atoms with Crippen molar-refractivity contribution >= 4 is 37.6 Å². The van der Waals surface area contributed by atoms with Gasteiger partial charge >= 0.3 is 0 Å². The van der Waals surface area contributed by atoms with Gasteiger partial charge in [0.15, 0.2) is 0 Å². The van der Waals surface area contributed by atoms with Gasteiger partial charge in [0.25, 0.3) is 15.8 Å².